The third-order valence-corrected chi connectivity index (χ3v) is 7.41. The van der Waals surface area contributed by atoms with Crippen LogP contribution in [-0.4, -0.2) is 45.8 Å². The van der Waals surface area contributed by atoms with Gasteiger partial charge >= 0.3 is 0 Å². The third kappa shape index (κ3) is 4.61. The van der Waals surface area contributed by atoms with E-state index in [0.717, 1.165) is 15.6 Å². The number of aryl methyl sites for hydroxylation is 1. The second kappa shape index (κ2) is 9.66. The van der Waals surface area contributed by atoms with Gasteiger partial charge in [-0.05, 0) is 32.0 Å². The lowest BCUT2D eigenvalue weighted by Crippen LogP contribution is -2.35. The van der Waals surface area contributed by atoms with E-state index >= 15 is 0 Å². The molecule has 0 aliphatic carbocycles. The lowest BCUT2D eigenvalue weighted by Gasteiger charge is -2.19. The molecule has 0 spiro atoms. The summed E-state index contributed by atoms with van der Waals surface area (Å²) in [6.07, 6.45) is 1.22. The van der Waals surface area contributed by atoms with E-state index in [1.54, 1.807) is 13.8 Å². The molecule has 0 saturated carbocycles. The minimum Gasteiger partial charge on any atom is -0.345 e. The number of sulfonamides is 1. The number of nitrogens with one attached hydrogen (secondary N) is 1. The van der Waals surface area contributed by atoms with Crippen molar-refractivity contribution >= 4 is 27.0 Å². The van der Waals surface area contributed by atoms with Gasteiger partial charge in [0.25, 0.3) is 5.56 Å². The predicted octanol–water partition coefficient (Wildman–Crippen LogP) is 2.13. The van der Waals surface area contributed by atoms with Crippen LogP contribution in [0.2, 0.25) is 0 Å². The number of carbonyl (C=O) groups is 1. The van der Waals surface area contributed by atoms with Gasteiger partial charge in [-0.1, -0.05) is 26.0 Å². The Bertz CT molecular complexity index is 1270. The summed E-state index contributed by atoms with van der Waals surface area (Å²) < 4.78 is 30.0. The molecule has 3 rings (SSSR count). The number of benzene rings is 1. The van der Waals surface area contributed by atoms with Crippen LogP contribution in [0.25, 0.3) is 11.0 Å². The standard InChI is InChI=1S/C22H29N5O4S/c1-5-26(6-2)32(30,31)17-12-13-21(29)25(14-17)15-20(28)23-16(4)22-24-18-10-8-9-11-19(18)27(22)7-3/h8-14,16H,5-7,15H2,1-4H3,(H,23,28). The molecular formula is C22H29N5O4S. The summed E-state index contributed by atoms with van der Waals surface area (Å²) in [4.78, 5) is 29.6. The molecule has 1 aromatic carbocycles. The van der Waals surface area contributed by atoms with E-state index in [1.807, 2.05) is 42.7 Å². The Hall–Kier alpha value is -2.98. The van der Waals surface area contributed by atoms with E-state index in [9.17, 15) is 18.0 Å². The van der Waals surface area contributed by atoms with Crippen LogP contribution in [0.4, 0.5) is 0 Å². The van der Waals surface area contributed by atoms with Gasteiger partial charge in [-0.15, -0.1) is 0 Å². The van der Waals surface area contributed by atoms with Crippen LogP contribution < -0.4 is 10.9 Å². The van der Waals surface area contributed by atoms with Crippen molar-refractivity contribution in [2.75, 3.05) is 13.1 Å². The van der Waals surface area contributed by atoms with Crippen molar-refractivity contribution in [2.24, 2.45) is 0 Å². The van der Waals surface area contributed by atoms with Crippen molar-refractivity contribution in [3.63, 3.8) is 0 Å². The highest BCUT2D eigenvalue weighted by molar-refractivity contribution is 7.89. The Balaban J connectivity index is 1.82. The summed E-state index contributed by atoms with van der Waals surface area (Å²) in [5.74, 6) is 0.305. The zero-order valence-corrected chi connectivity index (χ0v) is 19.6. The molecule has 0 aliphatic rings. The number of aromatic nitrogens is 3. The van der Waals surface area contributed by atoms with E-state index in [0.29, 0.717) is 25.5 Å². The molecule has 0 bridgehead atoms. The fourth-order valence-corrected chi connectivity index (χ4v) is 5.24. The first-order chi connectivity index (χ1) is 15.2. The summed E-state index contributed by atoms with van der Waals surface area (Å²) in [6, 6.07) is 9.79. The molecule has 32 heavy (non-hydrogen) atoms. The van der Waals surface area contributed by atoms with Gasteiger partial charge in [-0.25, -0.2) is 13.4 Å². The summed E-state index contributed by atoms with van der Waals surface area (Å²) >= 11 is 0. The van der Waals surface area contributed by atoms with Crippen molar-refractivity contribution in [3.05, 3.63) is 58.8 Å². The van der Waals surface area contributed by atoms with Gasteiger partial charge in [-0.3, -0.25) is 9.59 Å². The molecule has 1 N–H and O–H groups in total. The summed E-state index contributed by atoms with van der Waals surface area (Å²) in [5.41, 5.74) is 1.37. The van der Waals surface area contributed by atoms with Crippen molar-refractivity contribution < 1.29 is 13.2 Å². The van der Waals surface area contributed by atoms with Gasteiger partial charge < -0.3 is 14.5 Å². The first-order valence-corrected chi connectivity index (χ1v) is 12.1. The molecule has 0 aliphatic heterocycles. The highest BCUT2D eigenvalue weighted by atomic mass is 32.2. The molecular weight excluding hydrogens is 430 g/mol. The molecule has 1 atom stereocenters. The molecule has 0 radical (unpaired) electrons. The van der Waals surface area contributed by atoms with Gasteiger partial charge in [0.15, 0.2) is 0 Å². The van der Waals surface area contributed by atoms with Crippen molar-refractivity contribution in [1.82, 2.24) is 23.7 Å². The van der Waals surface area contributed by atoms with E-state index in [4.69, 9.17) is 0 Å². The van der Waals surface area contributed by atoms with Crippen LogP contribution in [0.5, 0.6) is 0 Å². The Morgan fingerprint density at radius 1 is 1.12 bits per heavy atom. The minimum absolute atomic E-state index is 0.0191. The predicted molar refractivity (Wildman–Crippen MR) is 123 cm³/mol. The highest BCUT2D eigenvalue weighted by Gasteiger charge is 2.23. The van der Waals surface area contributed by atoms with Crippen LogP contribution in [0.3, 0.4) is 0 Å². The van der Waals surface area contributed by atoms with E-state index in [1.165, 1.54) is 22.6 Å². The molecule has 3 aromatic rings. The third-order valence-electron chi connectivity index (χ3n) is 5.38. The average Bonchev–Trinajstić information content (AvgIpc) is 3.14. The number of pyridine rings is 1. The van der Waals surface area contributed by atoms with Crippen molar-refractivity contribution in [1.29, 1.82) is 0 Å². The number of fused-ring (bicyclic) bond motifs is 1. The quantitative estimate of drug-likeness (QED) is 0.528. The Kier molecular flexibility index (Phi) is 7.15. The molecule has 0 fully saturated rings. The summed E-state index contributed by atoms with van der Waals surface area (Å²) in [6.45, 7) is 8.36. The van der Waals surface area contributed by atoms with Crippen LogP contribution in [0.15, 0.2) is 52.3 Å². The summed E-state index contributed by atoms with van der Waals surface area (Å²) in [5, 5.41) is 2.87. The lowest BCUT2D eigenvalue weighted by molar-refractivity contribution is -0.122. The largest absolute Gasteiger partial charge is 0.345 e. The van der Waals surface area contributed by atoms with Crippen molar-refractivity contribution in [3.8, 4) is 0 Å². The molecule has 9 nitrogen and oxygen atoms in total. The number of amides is 1. The minimum atomic E-state index is -3.74. The van der Waals surface area contributed by atoms with Crippen LogP contribution >= 0.6 is 0 Å². The van der Waals surface area contributed by atoms with Crippen LogP contribution in [0.1, 0.15) is 39.6 Å². The highest BCUT2D eigenvalue weighted by Crippen LogP contribution is 2.20. The van der Waals surface area contributed by atoms with E-state index in [2.05, 4.69) is 10.3 Å². The zero-order chi connectivity index (χ0) is 23.5. The topological polar surface area (TPSA) is 106 Å². The second-order valence-corrected chi connectivity index (χ2v) is 9.35. The smallest absolute Gasteiger partial charge is 0.251 e. The number of hydrogen-bond acceptors (Lipinski definition) is 5. The first kappa shape index (κ1) is 23.7. The van der Waals surface area contributed by atoms with Gasteiger partial charge in [0.05, 0.1) is 22.0 Å². The zero-order valence-electron chi connectivity index (χ0n) is 18.8. The van der Waals surface area contributed by atoms with E-state index in [-0.39, 0.29) is 11.4 Å². The van der Waals surface area contributed by atoms with Gasteiger partial charge in [0.2, 0.25) is 15.9 Å². The van der Waals surface area contributed by atoms with Gasteiger partial charge in [-0.2, -0.15) is 4.31 Å². The first-order valence-electron chi connectivity index (χ1n) is 10.7. The second-order valence-electron chi connectivity index (χ2n) is 7.41. The van der Waals surface area contributed by atoms with E-state index < -0.39 is 27.5 Å². The molecule has 2 aromatic heterocycles. The number of hydrogen-bond donors (Lipinski definition) is 1. The number of nitrogens with zero attached hydrogens (tertiary/aromatic N) is 4. The molecule has 172 valence electrons. The molecule has 2 heterocycles. The maximum Gasteiger partial charge on any atom is 0.251 e. The number of para-hydroxylation sites is 2. The normalized spacial score (nSPS) is 12.9. The molecule has 1 amide bonds. The monoisotopic (exact) mass is 459 g/mol. The maximum absolute atomic E-state index is 12.8. The Morgan fingerprint density at radius 2 is 1.81 bits per heavy atom. The van der Waals surface area contributed by atoms with Crippen LogP contribution in [0, 0.1) is 0 Å². The molecule has 0 saturated heterocycles. The average molecular weight is 460 g/mol. The van der Waals surface area contributed by atoms with Crippen LogP contribution in [-0.2, 0) is 27.9 Å². The lowest BCUT2D eigenvalue weighted by atomic mass is 10.3. The maximum atomic E-state index is 12.8. The SMILES string of the molecule is CCN(CC)S(=O)(=O)c1ccc(=O)n(CC(=O)NC(C)c2nc3ccccc3n2CC)c1. The fourth-order valence-electron chi connectivity index (χ4n) is 3.76. The number of rotatable bonds is 9. The van der Waals surface area contributed by atoms with Crippen molar-refractivity contribution in [2.45, 2.75) is 51.7 Å². The fraction of sp³-hybridized carbons (Fsp3) is 0.409. The number of carbonyl (C=O) groups excluding carboxylic acids is 1. The molecule has 10 heteroatoms. The molecule has 1 unspecified atom stereocenters. The Morgan fingerprint density at radius 3 is 2.47 bits per heavy atom. The van der Waals surface area contributed by atoms with Gasteiger partial charge in [0.1, 0.15) is 12.4 Å². The Labute approximate surface area is 187 Å². The number of imidazole rings is 1. The van der Waals surface area contributed by atoms with Gasteiger partial charge in [0, 0.05) is 31.9 Å². The summed E-state index contributed by atoms with van der Waals surface area (Å²) in [7, 11) is -3.74.